The molecule has 0 spiro atoms. The molecule has 0 aliphatic heterocycles. The fraction of sp³-hybridized carbons (Fsp3) is 0.150. The van der Waals surface area contributed by atoms with E-state index in [1.807, 2.05) is 0 Å². The normalized spacial score (nSPS) is 11.2. The lowest BCUT2D eigenvalue weighted by Gasteiger charge is -2.08. The van der Waals surface area contributed by atoms with Gasteiger partial charge in [0.15, 0.2) is 5.75 Å². The van der Waals surface area contributed by atoms with E-state index in [-0.39, 0.29) is 23.7 Å². The molecular weight excluding hydrogens is 403 g/mol. The fourth-order valence-electron chi connectivity index (χ4n) is 2.59. The molecule has 30 heavy (non-hydrogen) atoms. The highest BCUT2D eigenvalue weighted by Gasteiger charge is 2.31. The number of hydrogen-bond donors (Lipinski definition) is 1. The van der Waals surface area contributed by atoms with Gasteiger partial charge in [0, 0.05) is 5.56 Å². The Morgan fingerprint density at radius 1 is 1.13 bits per heavy atom. The monoisotopic (exact) mass is 419 g/mol. The largest absolute Gasteiger partial charge is 0.493 e. The van der Waals surface area contributed by atoms with Gasteiger partial charge in [0.2, 0.25) is 11.6 Å². The Balaban J connectivity index is 1.78. The van der Waals surface area contributed by atoms with Gasteiger partial charge >= 0.3 is 12.1 Å². The molecule has 0 atom stereocenters. The average molecular weight is 419 g/mol. The first-order chi connectivity index (χ1) is 14.2. The summed E-state index contributed by atoms with van der Waals surface area (Å²) in [6.45, 7) is -0.114. The Bertz CT molecular complexity index is 1080. The number of rotatable bonds is 6. The van der Waals surface area contributed by atoms with Crippen LogP contribution in [0.3, 0.4) is 0 Å². The van der Waals surface area contributed by atoms with E-state index >= 15 is 0 Å². The van der Waals surface area contributed by atoms with Crippen molar-refractivity contribution in [3.05, 3.63) is 77.1 Å². The molecule has 1 aromatic heterocycles. The van der Waals surface area contributed by atoms with Crippen LogP contribution in [0.4, 0.5) is 13.2 Å². The van der Waals surface area contributed by atoms with Gasteiger partial charge in [-0.2, -0.15) is 18.3 Å². The molecule has 7 nitrogen and oxygen atoms in total. The Morgan fingerprint density at radius 3 is 2.43 bits per heavy atom. The van der Waals surface area contributed by atoms with Crippen LogP contribution in [0.25, 0.3) is 5.69 Å². The lowest BCUT2D eigenvalue weighted by atomic mass is 10.1. The quantitative estimate of drug-likeness (QED) is 0.618. The van der Waals surface area contributed by atoms with Crippen molar-refractivity contribution in [3.8, 4) is 11.4 Å². The zero-order valence-electron chi connectivity index (χ0n) is 15.6. The number of nitrogens with two attached hydrogens (primary N) is 1. The molecular formula is C20H16F3N3O4. The highest BCUT2D eigenvalue weighted by Crippen LogP contribution is 2.31. The van der Waals surface area contributed by atoms with Gasteiger partial charge in [0.1, 0.15) is 6.61 Å². The first kappa shape index (κ1) is 20.9. The van der Waals surface area contributed by atoms with Crippen LogP contribution in [0.1, 0.15) is 32.0 Å². The number of hydrogen-bond acceptors (Lipinski definition) is 5. The maximum Gasteiger partial charge on any atom is 0.416 e. The molecule has 2 aromatic carbocycles. The summed E-state index contributed by atoms with van der Waals surface area (Å²) >= 11 is 0. The minimum Gasteiger partial charge on any atom is -0.493 e. The van der Waals surface area contributed by atoms with E-state index in [1.165, 1.54) is 37.6 Å². The third-order valence-electron chi connectivity index (χ3n) is 4.14. The number of benzene rings is 2. The van der Waals surface area contributed by atoms with E-state index in [2.05, 4.69) is 5.10 Å². The van der Waals surface area contributed by atoms with Gasteiger partial charge in [-0.3, -0.25) is 4.79 Å². The highest BCUT2D eigenvalue weighted by molar-refractivity contribution is 5.92. The summed E-state index contributed by atoms with van der Waals surface area (Å²) in [4.78, 5) is 23.5. The molecule has 0 saturated carbocycles. The first-order valence-corrected chi connectivity index (χ1v) is 8.56. The van der Waals surface area contributed by atoms with Gasteiger partial charge in [-0.05, 0) is 35.9 Å². The van der Waals surface area contributed by atoms with Crippen LogP contribution in [0.15, 0.2) is 54.7 Å². The van der Waals surface area contributed by atoms with Crippen LogP contribution in [0, 0.1) is 0 Å². The molecule has 0 fully saturated rings. The summed E-state index contributed by atoms with van der Waals surface area (Å²) in [6.07, 6.45) is -3.23. The summed E-state index contributed by atoms with van der Waals surface area (Å²) in [6, 6.07) is 10.6. The minimum absolute atomic E-state index is 0.0430. The fourth-order valence-corrected chi connectivity index (χ4v) is 2.59. The topological polar surface area (TPSA) is 96.4 Å². The van der Waals surface area contributed by atoms with E-state index in [1.54, 1.807) is 12.1 Å². The third kappa shape index (κ3) is 4.59. The third-order valence-corrected chi connectivity index (χ3v) is 4.14. The zero-order valence-corrected chi connectivity index (χ0v) is 15.6. The second kappa shape index (κ2) is 8.27. The van der Waals surface area contributed by atoms with E-state index in [0.717, 1.165) is 16.8 Å². The number of amides is 1. The Hall–Kier alpha value is -3.82. The van der Waals surface area contributed by atoms with Crippen LogP contribution in [0.2, 0.25) is 0 Å². The average Bonchev–Trinajstić information content (AvgIpc) is 3.16. The summed E-state index contributed by atoms with van der Waals surface area (Å²) in [5, 5.41) is 4.01. The standard InChI is InChI=1S/C20H16F3N3O4/c1-29-16-10-26(15-4-2-3-14(9-15)20(21,22)23)25-17(16)19(28)30-11-12-5-7-13(8-6-12)18(24)27/h2-10H,11H2,1H3,(H2,24,27). The molecule has 3 aromatic rings. The van der Waals surface area contributed by atoms with Gasteiger partial charge in [-0.25, -0.2) is 9.48 Å². The molecule has 0 bridgehead atoms. The SMILES string of the molecule is COc1cn(-c2cccc(C(F)(F)F)c2)nc1C(=O)OCc1ccc(C(N)=O)cc1. The molecule has 0 aliphatic rings. The number of nitrogens with zero attached hydrogens (tertiary/aromatic N) is 2. The van der Waals surface area contributed by atoms with Gasteiger partial charge in [-0.1, -0.05) is 18.2 Å². The number of primary amides is 1. The minimum atomic E-state index is -4.51. The Kier molecular flexibility index (Phi) is 5.77. The first-order valence-electron chi connectivity index (χ1n) is 8.56. The highest BCUT2D eigenvalue weighted by atomic mass is 19.4. The number of carbonyl (C=O) groups excluding carboxylic acids is 2. The number of methoxy groups -OCH3 is 1. The second-order valence-electron chi connectivity index (χ2n) is 6.18. The van der Waals surface area contributed by atoms with Crippen molar-refractivity contribution in [1.82, 2.24) is 9.78 Å². The number of ether oxygens (including phenoxy) is 2. The molecule has 0 aliphatic carbocycles. The van der Waals surface area contributed by atoms with Crippen LogP contribution in [0.5, 0.6) is 5.75 Å². The summed E-state index contributed by atoms with van der Waals surface area (Å²) in [5.74, 6) is -1.36. The second-order valence-corrected chi connectivity index (χ2v) is 6.18. The number of esters is 1. The van der Waals surface area contributed by atoms with Gasteiger partial charge < -0.3 is 15.2 Å². The molecule has 0 saturated heterocycles. The van der Waals surface area contributed by atoms with E-state index in [9.17, 15) is 22.8 Å². The molecule has 0 radical (unpaired) electrons. The lowest BCUT2D eigenvalue weighted by molar-refractivity contribution is -0.137. The van der Waals surface area contributed by atoms with Crippen LogP contribution in [-0.4, -0.2) is 28.8 Å². The van der Waals surface area contributed by atoms with Crippen molar-refractivity contribution in [2.24, 2.45) is 5.73 Å². The number of halogens is 3. The summed E-state index contributed by atoms with van der Waals surface area (Å²) in [5.41, 5.74) is 5.14. The Labute approximate surface area is 168 Å². The van der Waals surface area contributed by atoms with Crippen molar-refractivity contribution in [3.63, 3.8) is 0 Å². The molecule has 156 valence electrons. The van der Waals surface area contributed by atoms with Gasteiger partial charge in [0.25, 0.3) is 0 Å². The van der Waals surface area contributed by atoms with Crippen LogP contribution < -0.4 is 10.5 Å². The molecule has 3 rings (SSSR count). The van der Waals surface area contributed by atoms with Gasteiger partial charge in [0.05, 0.1) is 24.6 Å². The molecule has 2 N–H and O–H groups in total. The predicted octanol–water partition coefficient (Wildman–Crippen LogP) is 3.36. The van der Waals surface area contributed by atoms with Crippen molar-refractivity contribution in [2.75, 3.05) is 7.11 Å². The zero-order chi connectivity index (χ0) is 21.9. The van der Waals surface area contributed by atoms with Crippen molar-refractivity contribution < 1.29 is 32.2 Å². The van der Waals surface area contributed by atoms with E-state index in [4.69, 9.17) is 15.2 Å². The van der Waals surface area contributed by atoms with E-state index in [0.29, 0.717) is 11.1 Å². The summed E-state index contributed by atoms with van der Waals surface area (Å²) < 4.78 is 50.2. The number of alkyl halides is 3. The smallest absolute Gasteiger partial charge is 0.416 e. The maximum absolute atomic E-state index is 12.9. The molecule has 1 amide bonds. The Morgan fingerprint density at radius 2 is 1.83 bits per heavy atom. The molecule has 1 heterocycles. The van der Waals surface area contributed by atoms with Crippen LogP contribution in [-0.2, 0) is 17.5 Å². The predicted molar refractivity (Wildman–Crippen MR) is 99.2 cm³/mol. The summed E-state index contributed by atoms with van der Waals surface area (Å²) in [7, 11) is 1.30. The number of carbonyl (C=O) groups is 2. The molecule has 0 unspecified atom stereocenters. The van der Waals surface area contributed by atoms with Crippen LogP contribution >= 0.6 is 0 Å². The lowest BCUT2D eigenvalue weighted by Crippen LogP contribution is -2.11. The van der Waals surface area contributed by atoms with Gasteiger partial charge in [-0.15, -0.1) is 0 Å². The molecule has 10 heteroatoms. The van der Waals surface area contributed by atoms with Crippen molar-refractivity contribution >= 4 is 11.9 Å². The van der Waals surface area contributed by atoms with Crippen molar-refractivity contribution in [2.45, 2.75) is 12.8 Å². The van der Waals surface area contributed by atoms with Crippen molar-refractivity contribution in [1.29, 1.82) is 0 Å². The number of aromatic nitrogens is 2. The van der Waals surface area contributed by atoms with E-state index < -0.39 is 23.6 Å². The maximum atomic E-state index is 12.9.